The third-order valence-corrected chi connectivity index (χ3v) is 6.18. The van der Waals surface area contributed by atoms with Crippen LogP contribution in [0.2, 0.25) is 0 Å². The molecule has 2 heterocycles. The Balaban J connectivity index is 1.65. The van der Waals surface area contributed by atoms with Crippen molar-refractivity contribution in [3.63, 3.8) is 0 Å². The summed E-state index contributed by atoms with van der Waals surface area (Å²) in [6.45, 7) is 6.91. The van der Waals surface area contributed by atoms with Crippen LogP contribution in [-0.2, 0) is 0 Å². The number of rotatable bonds is 2. The Bertz CT molecular complexity index is 1150. The number of pyridine rings is 1. The first kappa shape index (κ1) is 16.6. The van der Waals surface area contributed by atoms with E-state index < -0.39 is 0 Å². The molecule has 0 saturated heterocycles. The Morgan fingerprint density at radius 2 is 1.93 bits per heavy atom. The Morgan fingerprint density at radius 1 is 1.04 bits per heavy atom. The van der Waals surface area contributed by atoms with Gasteiger partial charge in [0.15, 0.2) is 0 Å². The first-order chi connectivity index (χ1) is 13.0. The van der Waals surface area contributed by atoms with E-state index in [4.69, 9.17) is 9.40 Å². The highest BCUT2D eigenvalue weighted by molar-refractivity contribution is 6.02. The van der Waals surface area contributed by atoms with Gasteiger partial charge >= 0.3 is 0 Å². The van der Waals surface area contributed by atoms with Crippen molar-refractivity contribution < 1.29 is 4.42 Å². The summed E-state index contributed by atoms with van der Waals surface area (Å²) in [7, 11) is 0. The third kappa shape index (κ3) is 2.84. The van der Waals surface area contributed by atoms with Crippen LogP contribution in [0.1, 0.15) is 50.2 Å². The maximum atomic E-state index is 5.80. The van der Waals surface area contributed by atoms with Gasteiger partial charge in [0.1, 0.15) is 5.58 Å². The summed E-state index contributed by atoms with van der Waals surface area (Å²) >= 11 is 0. The van der Waals surface area contributed by atoms with Crippen molar-refractivity contribution in [3.05, 3.63) is 66.1 Å². The van der Waals surface area contributed by atoms with Crippen molar-refractivity contribution in [2.75, 3.05) is 0 Å². The van der Waals surface area contributed by atoms with Crippen molar-refractivity contribution in [2.24, 2.45) is 5.41 Å². The van der Waals surface area contributed by atoms with Crippen LogP contribution in [0, 0.1) is 12.3 Å². The fourth-order valence-corrected chi connectivity index (χ4v) is 4.79. The highest BCUT2D eigenvalue weighted by atomic mass is 16.3. The van der Waals surface area contributed by atoms with E-state index in [1.54, 1.807) is 6.26 Å². The number of benzene rings is 2. The molecule has 2 aromatic heterocycles. The maximum Gasteiger partial charge on any atom is 0.143 e. The summed E-state index contributed by atoms with van der Waals surface area (Å²) in [5, 5.41) is 3.60. The molecular formula is C25H25NO. The Kier molecular flexibility index (Phi) is 3.65. The van der Waals surface area contributed by atoms with Gasteiger partial charge in [-0.25, -0.2) is 0 Å². The monoisotopic (exact) mass is 355 g/mol. The summed E-state index contributed by atoms with van der Waals surface area (Å²) in [6.07, 6.45) is 7.58. The van der Waals surface area contributed by atoms with E-state index in [0.717, 1.165) is 22.2 Å². The molecule has 1 fully saturated rings. The first-order valence-electron chi connectivity index (χ1n) is 9.87. The summed E-state index contributed by atoms with van der Waals surface area (Å²) < 4.78 is 5.80. The van der Waals surface area contributed by atoms with E-state index in [0.29, 0.717) is 11.3 Å². The lowest BCUT2D eigenvalue weighted by Crippen LogP contribution is -2.04. The summed E-state index contributed by atoms with van der Waals surface area (Å²) in [6, 6.07) is 15.5. The SMILES string of the molecule is Cc1cc(-c2nccc3cc(C4CCC(C)(C)C4)ccc23)c2occc2c1. The molecule has 0 N–H and O–H groups in total. The highest BCUT2D eigenvalue weighted by Gasteiger charge is 2.31. The van der Waals surface area contributed by atoms with Crippen LogP contribution >= 0.6 is 0 Å². The van der Waals surface area contributed by atoms with Gasteiger partial charge in [-0.05, 0) is 78.3 Å². The van der Waals surface area contributed by atoms with Crippen LogP contribution < -0.4 is 0 Å². The number of fused-ring (bicyclic) bond motifs is 2. The van der Waals surface area contributed by atoms with Crippen molar-refractivity contribution in [1.29, 1.82) is 0 Å². The summed E-state index contributed by atoms with van der Waals surface area (Å²) in [4.78, 5) is 4.74. The summed E-state index contributed by atoms with van der Waals surface area (Å²) in [5.74, 6) is 0.678. The second-order valence-electron chi connectivity index (χ2n) is 8.90. The highest BCUT2D eigenvalue weighted by Crippen LogP contribution is 2.46. The zero-order chi connectivity index (χ0) is 18.6. The zero-order valence-electron chi connectivity index (χ0n) is 16.3. The Morgan fingerprint density at radius 3 is 2.74 bits per heavy atom. The molecule has 2 aromatic carbocycles. The molecule has 2 heteroatoms. The normalized spacial score (nSPS) is 19.1. The lowest BCUT2D eigenvalue weighted by molar-refractivity contribution is 0.376. The van der Waals surface area contributed by atoms with Crippen LogP contribution in [0.3, 0.4) is 0 Å². The van der Waals surface area contributed by atoms with Gasteiger partial charge in [0.25, 0.3) is 0 Å². The van der Waals surface area contributed by atoms with Gasteiger partial charge in [0, 0.05) is 22.5 Å². The van der Waals surface area contributed by atoms with E-state index >= 15 is 0 Å². The molecule has 0 aliphatic heterocycles. The second kappa shape index (κ2) is 5.95. The molecule has 1 aliphatic rings. The standard InChI is InChI=1S/C25H25NO/c1-16-12-19-8-11-27-24(19)22(13-16)23-21-5-4-17(14-18(21)7-10-26-23)20-6-9-25(2,3)15-20/h4-5,7-8,10-14,20H,6,9,15H2,1-3H3. The molecule has 136 valence electrons. The minimum Gasteiger partial charge on any atom is -0.464 e. The molecule has 0 spiro atoms. The largest absolute Gasteiger partial charge is 0.464 e. The van der Waals surface area contributed by atoms with Crippen molar-refractivity contribution in [3.8, 4) is 11.3 Å². The minimum absolute atomic E-state index is 0.468. The lowest BCUT2D eigenvalue weighted by atomic mass is 9.88. The Labute approximate surface area is 160 Å². The average molecular weight is 355 g/mol. The van der Waals surface area contributed by atoms with Gasteiger partial charge in [-0.15, -0.1) is 0 Å². The van der Waals surface area contributed by atoms with Crippen LogP contribution in [0.5, 0.6) is 0 Å². The van der Waals surface area contributed by atoms with Crippen molar-refractivity contribution in [1.82, 2.24) is 4.98 Å². The van der Waals surface area contributed by atoms with Crippen LogP contribution in [-0.4, -0.2) is 4.98 Å². The molecule has 1 unspecified atom stereocenters. The van der Waals surface area contributed by atoms with Crippen LogP contribution in [0.4, 0.5) is 0 Å². The molecule has 27 heavy (non-hydrogen) atoms. The van der Waals surface area contributed by atoms with E-state index in [1.807, 2.05) is 12.3 Å². The lowest BCUT2D eigenvalue weighted by Gasteiger charge is -2.18. The fraction of sp³-hybridized carbons (Fsp3) is 0.320. The molecule has 1 saturated carbocycles. The molecule has 0 radical (unpaired) electrons. The van der Waals surface area contributed by atoms with Gasteiger partial charge in [-0.1, -0.05) is 32.0 Å². The van der Waals surface area contributed by atoms with E-state index in [2.05, 4.69) is 57.2 Å². The first-order valence-corrected chi connectivity index (χ1v) is 9.87. The topological polar surface area (TPSA) is 26.0 Å². The van der Waals surface area contributed by atoms with Gasteiger partial charge in [-0.2, -0.15) is 0 Å². The maximum absolute atomic E-state index is 5.80. The number of aromatic nitrogens is 1. The van der Waals surface area contributed by atoms with Gasteiger partial charge in [0.05, 0.1) is 12.0 Å². The molecule has 5 rings (SSSR count). The average Bonchev–Trinajstić information content (AvgIpc) is 3.26. The molecule has 0 amide bonds. The number of furan rings is 1. The smallest absolute Gasteiger partial charge is 0.143 e. The van der Waals surface area contributed by atoms with E-state index in [9.17, 15) is 0 Å². The quantitative estimate of drug-likeness (QED) is 0.378. The number of hydrogen-bond donors (Lipinski definition) is 0. The molecule has 0 bridgehead atoms. The third-order valence-electron chi connectivity index (χ3n) is 6.18. The van der Waals surface area contributed by atoms with Gasteiger partial charge in [-0.3, -0.25) is 4.98 Å². The van der Waals surface area contributed by atoms with Crippen LogP contribution in [0.25, 0.3) is 33.0 Å². The number of hydrogen-bond acceptors (Lipinski definition) is 2. The minimum atomic E-state index is 0.468. The predicted molar refractivity (Wildman–Crippen MR) is 112 cm³/mol. The van der Waals surface area contributed by atoms with Crippen LogP contribution in [0.15, 0.2) is 59.3 Å². The van der Waals surface area contributed by atoms with E-state index in [1.165, 1.54) is 41.2 Å². The van der Waals surface area contributed by atoms with Crippen molar-refractivity contribution >= 4 is 21.7 Å². The molecule has 4 aromatic rings. The van der Waals surface area contributed by atoms with Crippen molar-refractivity contribution in [2.45, 2.75) is 46.0 Å². The van der Waals surface area contributed by atoms with E-state index in [-0.39, 0.29) is 0 Å². The van der Waals surface area contributed by atoms with Gasteiger partial charge < -0.3 is 4.42 Å². The molecule has 2 nitrogen and oxygen atoms in total. The second-order valence-corrected chi connectivity index (χ2v) is 8.90. The molecular weight excluding hydrogens is 330 g/mol. The predicted octanol–water partition coefficient (Wildman–Crippen LogP) is 7.25. The Hall–Kier alpha value is -2.61. The number of nitrogens with zero attached hydrogens (tertiary/aromatic N) is 1. The fourth-order valence-electron chi connectivity index (χ4n) is 4.79. The van der Waals surface area contributed by atoms with Gasteiger partial charge in [0.2, 0.25) is 0 Å². The molecule has 1 atom stereocenters. The summed E-state index contributed by atoms with van der Waals surface area (Å²) in [5.41, 5.74) is 6.17. The zero-order valence-corrected chi connectivity index (χ0v) is 16.3. The number of aryl methyl sites for hydroxylation is 1. The molecule has 1 aliphatic carbocycles.